The van der Waals surface area contributed by atoms with Gasteiger partial charge in [0.25, 0.3) is 11.7 Å². The summed E-state index contributed by atoms with van der Waals surface area (Å²) in [4.78, 5) is 30.3. The van der Waals surface area contributed by atoms with Gasteiger partial charge in [0.15, 0.2) is 0 Å². The molecule has 1 saturated heterocycles. The van der Waals surface area contributed by atoms with E-state index in [2.05, 4.69) is 18.7 Å². The molecule has 2 aromatic carbocycles. The summed E-state index contributed by atoms with van der Waals surface area (Å²) in [5.41, 5.74) is 3.61. The van der Waals surface area contributed by atoms with Gasteiger partial charge < -0.3 is 19.6 Å². The summed E-state index contributed by atoms with van der Waals surface area (Å²) in [6, 6.07) is 12.7. The molecule has 0 unspecified atom stereocenters. The zero-order valence-electron chi connectivity index (χ0n) is 20.5. The van der Waals surface area contributed by atoms with Crippen LogP contribution in [0.15, 0.2) is 48.0 Å². The van der Waals surface area contributed by atoms with E-state index >= 15 is 0 Å². The lowest BCUT2D eigenvalue weighted by Gasteiger charge is -2.27. The van der Waals surface area contributed by atoms with Crippen LogP contribution in [0.2, 0.25) is 0 Å². The Morgan fingerprint density at radius 2 is 1.82 bits per heavy atom. The van der Waals surface area contributed by atoms with E-state index in [4.69, 9.17) is 4.74 Å². The second-order valence-corrected chi connectivity index (χ2v) is 9.24. The van der Waals surface area contributed by atoms with Crippen molar-refractivity contribution < 1.29 is 19.4 Å². The standard InChI is InChI=1S/C28H34N2O4/c1-5-29(6-2)14-7-15-30-25(20-10-8-18(3)9-11-20)24(27(32)28(30)33)26(31)21-12-13-23-22(17-21)16-19(4)34-23/h8-13,17,19,25,31H,5-7,14-16H2,1-4H3/b26-24+/t19-,25-/m1/s1. The van der Waals surface area contributed by atoms with E-state index < -0.39 is 17.7 Å². The highest BCUT2D eigenvalue weighted by molar-refractivity contribution is 6.46. The first-order valence-corrected chi connectivity index (χ1v) is 12.2. The summed E-state index contributed by atoms with van der Waals surface area (Å²) < 4.78 is 5.77. The van der Waals surface area contributed by atoms with Crippen LogP contribution < -0.4 is 4.74 Å². The van der Waals surface area contributed by atoms with E-state index in [0.29, 0.717) is 12.1 Å². The van der Waals surface area contributed by atoms with Gasteiger partial charge in [-0.2, -0.15) is 0 Å². The second kappa shape index (κ2) is 10.0. The molecule has 0 aliphatic carbocycles. The molecule has 1 fully saturated rings. The van der Waals surface area contributed by atoms with Gasteiger partial charge in [-0.25, -0.2) is 0 Å². The molecule has 34 heavy (non-hydrogen) atoms. The van der Waals surface area contributed by atoms with Crippen LogP contribution in [0.5, 0.6) is 5.75 Å². The van der Waals surface area contributed by atoms with E-state index in [-0.39, 0.29) is 17.4 Å². The molecule has 4 rings (SSSR count). The molecule has 0 spiro atoms. The maximum atomic E-state index is 13.2. The Kier molecular flexibility index (Phi) is 7.08. The van der Waals surface area contributed by atoms with Crippen LogP contribution in [0.3, 0.4) is 0 Å². The molecule has 0 bridgehead atoms. The monoisotopic (exact) mass is 462 g/mol. The molecule has 0 saturated carbocycles. The fraction of sp³-hybridized carbons (Fsp3) is 0.429. The highest BCUT2D eigenvalue weighted by Gasteiger charge is 2.45. The van der Waals surface area contributed by atoms with Gasteiger partial charge in [0.05, 0.1) is 11.6 Å². The van der Waals surface area contributed by atoms with Crippen molar-refractivity contribution in [1.29, 1.82) is 0 Å². The van der Waals surface area contributed by atoms with Crippen molar-refractivity contribution in [2.75, 3.05) is 26.2 Å². The molecule has 2 aromatic rings. The average Bonchev–Trinajstić information content (AvgIpc) is 3.32. The number of carbonyl (C=O) groups is 2. The molecular weight excluding hydrogens is 428 g/mol. The van der Waals surface area contributed by atoms with Gasteiger partial charge in [0.1, 0.15) is 17.6 Å². The largest absolute Gasteiger partial charge is 0.507 e. The number of fused-ring (bicyclic) bond motifs is 1. The van der Waals surface area contributed by atoms with E-state index in [1.54, 1.807) is 11.0 Å². The third-order valence-electron chi connectivity index (χ3n) is 6.87. The first-order chi connectivity index (χ1) is 16.3. The maximum absolute atomic E-state index is 13.2. The summed E-state index contributed by atoms with van der Waals surface area (Å²) in [7, 11) is 0. The van der Waals surface area contributed by atoms with Crippen molar-refractivity contribution in [3.05, 3.63) is 70.3 Å². The summed E-state index contributed by atoms with van der Waals surface area (Å²) in [6.07, 6.45) is 1.58. The summed E-state index contributed by atoms with van der Waals surface area (Å²) in [5.74, 6) is -0.505. The number of rotatable bonds is 8. The van der Waals surface area contributed by atoms with Crippen molar-refractivity contribution in [1.82, 2.24) is 9.80 Å². The minimum atomic E-state index is -0.629. The van der Waals surface area contributed by atoms with Gasteiger partial charge in [-0.1, -0.05) is 43.7 Å². The highest BCUT2D eigenvalue weighted by Crippen LogP contribution is 2.40. The number of nitrogens with zero attached hydrogens (tertiary/aromatic N) is 2. The van der Waals surface area contributed by atoms with Crippen molar-refractivity contribution in [2.45, 2.75) is 52.7 Å². The molecule has 1 N–H and O–H groups in total. The minimum Gasteiger partial charge on any atom is -0.507 e. The zero-order chi connectivity index (χ0) is 24.4. The number of aliphatic hydroxyl groups is 1. The van der Waals surface area contributed by atoms with E-state index in [0.717, 1.165) is 54.9 Å². The third-order valence-corrected chi connectivity index (χ3v) is 6.87. The zero-order valence-corrected chi connectivity index (χ0v) is 20.5. The molecule has 180 valence electrons. The lowest BCUT2D eigenvalue weighted by atomic mass is 9.94. The maximum Gasteiger partial charge on any atom is 0.295 e. The predicted octanol–water partition coefficient (Wildman–Crippen LogP) is 4.47. The number of aryl methyl sites for hydroxylation is 1. The van der Waals surface area contributed by atoms with Crippen LogP contribution in [-0.4, -0.2) is 58.9 Å². The molecule has 6 heteroatoms. The van der Waals surface area contributed by atoms with Gasteiger partial charge >= 0.3 is 0 Å². The lowest BCUT2D eigenvalue weighted by Crippen LogP contribution is -2.33. The number of amides is 1. The third kappa shape index (κ3) is 4.60. The highest BCUT2D eigenvalue weighted by atomic mass is 16.5. The minimum absolute atomic E-state index is 0.0799. The quantitative estimate of drug-likeness (QED) is 0.356. The Hall–Kier alpha value is -3.12. The van der Waals surface area contributed by atoms with Gasteiger partial charge in [-0.3, -0.25) is 9.59 Å². The SMILES string of the molecule is CCN(CC)CCCN1C(=O)C(=O)/C(=C(/O)c2ccc3c(c2)C[C@@H](C)O3)[C@H]1c1ccc(C)cc1. The Labute approximate surface area is 201 Å². The van der Waals surface area contributed by atoms with Gasteiger partial charge in [-0.05, 0) is 69.2 Å². The molecule has 0 aromatic heterocycles. The molecule has 2 heterocycles. The molecule has 2 aliphatic rings. The Morgan fingerprint density at radius 1 is 1.12 bits per heavy atom. The van der Waals surface area contributed by atoms with Crippen LogP contribution in [0, 0.1) is 6.92 Å². The van der Waals surface area contributed by atoms with Gasteiger partial charge in [0, 0.05) is 18.5 Å². The normalized spacial score (nSPS) is 21.3. The van der Waals surface area contributed by atoms with E-state index in [1.807, 2.05) is 50.2 Å². The summed E-state index contributed by atoms with van der Waals surface area (Å²) in [5, 5.41) is 11.3. The fourth-order valence-corrected chi connectivity index (χ4v) is 4.94. The molecule has 2 atom stereocenters. The van der Waals surface area contributed by atoms with Gasteiger partial charge in [0.2, 0.25) is 0 Å². The lowest BCUT2D eigenvalue weighted by molar-refractivity contribution is -0.140. The number of hydrogen-bond donors (Lipinski definition) is 1. The molecular formula is C28H34N2O4. The number of benzene rings is 2. The number of ketones is 1. The number of ether oxygens (including phenoxy) is 1. The smallest absolute Gasteiger partial charge is 0.295 e. The number of Topliss-reactive ketones (excluding diaryl/α,β-unsaturated/α-hetero) is 1. The van der Waals surface area contributed by atoms with Crippen LogP contribution in [0.4, 0.5) is 0 Å². The Bertz CT molecular complexity index is 1100. The summed E-state index contributed by atoms with van der Waals surface area (Å²) in [6.45, 7) is 11.4. The van der Waals surface area contributed by atoms with Crippen molar-refractivity contribution in [2.24, 2.45) is 0 Å². The Morgan fingerprint density at radius 3 is 2.50 bits per heavy atom. The van der Waals surface area contributed by atoms with Crippen molar-refractivity contribution in [3.63, 3.8) is 0 Å². The van der Waals surface area contributed by atoms with Crippen molar-refractivity contribution >= 4 is 17.4 Å². The van der Waals surface area contributed by atoms with E-state index in [9.17, 15) is 14.7 Å². The first kappa shape index (κ1) is 24.0. The fourth-order valence-electron chi connectivity index (χ4n) is 4.94. The van der Waals surface area contributed by atoms with Crippen molar-refractivity contribution in [3.8, 4) is 5.75 Å². The Balaban J connectivity index is 1.72. The van der Waals surface area contributed by atoms with Gasteiger partial charge in [-0.15, -0.1) is 0 Å². The molecule has 1 amide bonds. The average molecular weight is 463 g/mol. The van der Waals surface area contributed by atoms with E-state index in [1.165, 1.54) is 0 Å². The van der Waals surface area contributed by atoms with Crippen LogP contribution in [0.1, 0.15) is 55.5 Å². The number of hydrogen-bond acceptors (Lipinski definition) is 5. The number of carbonyl (C=O) groups excluding carboxylic acids is 2. The molecule has 6 nitrogen and oxygen atoms in total. The van der Waals surface area contributed by atoms with Crippen LogP contribution >= 0.6 is 0 Å². The van der Waals surface area contributed by atoms with Crippen LogP contribution in [0.25, 0.3) is 5.76 Å². The van der Waals surface area contributed by atoms with Crippen LogP contribution in [-0.2, 0) is 16.0 Å². The molecule has 2 aliphatic heterocycles. The topological polar surface area (TPSA) is 70.1 Å². The second-order valence-electron chi connectivity index (χ2n) is 9.24. The summed E-state index contributed by atoms with van der Waals surface area (Å²) >= 11 is 0. The first-order valence-electron chi connectivity index (χ1n) is 12.2. The predicted molar refractivity (Wildman–Crippen MR) is 133 cm³/mol. The number of aliphatic hydroxyl groups excluding tert-OH is 1. The number of likely N-dealkylation sites (tertiary alicyclic amines) is 1. The molecule has 0 radical (unpaired) electrons.